The fourth-order valence-corrected chi connectivity index (χ4v) is 1.54. The fraction of sp³-hybridized carbons (Fsp3) is 0. The summed E-state index contributed by atoms with van der Waals surface area (Å²) in [5.41, 5.74) is 7.14. The minimum atomic E-state index is 0.574. The van der Waals surface area contributed by atoms with E-state index in [0.29, 0.717) is 23.0 Å². The van der Waals surface area contributed by atoms with Gasteiger partial charge < -0.3 is 5.73 Å². The molecule has 1 aromatic heterocycles. The molecule has 3 heterocycles. The maximum absolute atomic E-state index is 5.85. The third kappa shape index (κ3) is 1.20. The maximum Gasteiger partial charge on any atom is 0.169 e. The molecular formula is C10H8N6. The van der Waals surface area contributed by atoms with E-state index in [-0.39, 0.29) is 0 Å². The maximum atomic E-state index is 5.85. The largest absolute Gasteiger partial charge is 0.396 e. The quantitative estimate of drug-likeness (QED) is 0.643. The lowest BCUT2D eigenvalue weighted by Crippen LogP contribution is -2.07. The van der Waals surface area contributed by atoms with Crippen molar-refractivity contribution in [3.05, 3.63) is 37.2 Å². The molecule has 2 aliphatic rings. The van der Waals surface area contributed by atoms with Crippen LogP contribution >= 0.6 is 0 Å². The Hall–Kier alpha value is -2.50. The minimum Gasteiger partial charge on any atom is -0.396 e. The van der Waals surface area contributed by atoms with Crippen LogP contribution in [0.3, 0.4) is 0 Å². The second kappa shape index (κ2) is 3.27. The molecule has 1 aromatic rings. The number of anilines is 1. The normalized spacial score (nSPS) is 10.8. The van der Waals surface area contributed by atoms with Gasteiger partial charge in [0.25, 0.3) is 0 Å². The van der Waals surface area contributed by atoms with Crippen LogP contribution in [-0.2, 0) is 0 Å². The van der Waals surface area contributed by atoms with Gasteiger partial charge in [-0.3, -0.25) is 4.57 Å². The molecule has 0 radical (unpaired) electrons. The molecule has 0 fully saturated rings. The number of nitrogens with zero attached hydrogens (tertiary/aromatic N) is 5. The van der Waals surface area contributed by atoms with E-state index in [1.807, 2.05) is 0 Å². The van der Waals surface area contributed by atoms with Crippen molar-refractivity contribution in [2.75, 3.05) is 5.73 Å². The summed E-state index contributed by atoms with van der Waals surface area (Å²) in [6.07, 6.45) is 6.43. The summed E-state index contributed by atoms with van der Waals surface area (Å²) in [6, 6.07) is 3.56. The molecule has 0 spiro atoms. The summed E-state index contributed by atoms with van der Waals surface area (Å²) in [7, 11) is 0. The molecule has 3 rings (SSSR count). The zero-order valence-electron chi connectivity index (χ0n) is 8.28. The van der Waals surface area contributed by atoms with E-state index < -0.39 is 0 Å². The van der Waals surface area contributed by atoms with Crippen molar-refractivity contribution in [1.82, 2.24) is 24.5 Å². The molecule has 78 valence electrons. The Morgan fingerprint density at radius 1 is 1.19 bits per heavy atom. The highest BCUT2D eigenvalue weighted by molar-refractivity contribution is 5.59. The Labute approximate surface area is 91.2 Å². The van der Waals surface area contributed by atoms with Crippen LogP contribution in [-0.4, -0.2) is 24.5 Å². The highest BCUT2D eigenvalue weighted by Crippen LogP contribution is 2.21. The van der Waals surface area contributed by atoms with Crippen LogP contribution in [0.1, 0.15) is 0 Å². The number of aromatic nitrogens is 5. The lowest BCUT2D eigenvalue weighted by Gasteiger charge is -2.10. The Morgan fingerprint density at radius 2 is 2.12 bits per heavy atom. The van der Waals surface area contributed by atoms with Crippen LogP contribution in [0.15, 0.2) is 37.2 Å². The molecule has 2 aliphatic heterocycles. The second-order valence-electron chi connectivity index (χ2n) is 3.26. The first kappa shape index (κ1) is 8.78. The number of hydrogen-bond donors (Lipinski definition) is 1. The van der Waals surface area contributed by atoms with E-state index in [2.05, 4.69) is 19.9 Å². The van der Waals surface area contributed by atoms with Gasteiger partial charge in [0.1, 0.15) is 18.3 Å². The predicted molar refractivity (Wildman–Crippen MR) is 58.0 cm³/mol. The van der Waals surface area contributed by atoms with Gasteiger partial charge in [0, 0.05) is 6.20 Å². The van der Waals surface area contributed by atoms with Gasteiger partial charge in [0.2, 0.25) is 0 Å². The van der Waals surface area contributed by atoms with E-state index in [1.165, 1.54) is 6.33 Å². The van der Waals surface area contributed by atoms with Gasteiger partial charge in [0.15, 0.2) is 11.6 Å². The van der Waals surface area contributed by atoms with Gasteiger partial charge >= 0.3 is 0 Å². The zero-order valence-corrected chi connectivity index (χ0v) is 8.28. The number of hydrogen-bond acceptors (Lipinski definition) is 5. The van der Waals surface area contributed by atoms with Crippen LogP contribution in [0.5, 0.6) is 0 Å². The Bertz CT molecular complexity index is 602. The Kier molecular flexibility index (Phi) is 1.79. The van der Waals surface area contributed by atoms with Gasteiger partial charge in [-0.2, -0.15) is 0 Å². The molecule has 0 atom stereocenters. The van der Waals surface area contributed by atoms with Gasteiger partial charge in [0.05, 0.1) is 11.9 Å². The molecule has 0 unspecified atom stereocenters. The molecule has 0 saturated carbocycles. The van der Waals surface area contributed by atoms with E-state index >= 15 is 0 Å². The summed E-state index contributed by atoms with van der Waals surface area (Å²) < 4.78 is 1.72. The van der Waals surface area contributed by atoms with Crippen molar-refractivity contribution >= 4 is 5.69 Å². The Balaban J connectivity index is 2.28. The van der Waals surface area contributed by atoms with Gasteiger partial charge in [-0.05, 0) is 12.1 Å². The van der Waals surface area contributed by atoms with E-state index in [0.717, 1.165) is 0 Å². The van der Waals surface area contributed by atoms with Crippen molar-refractivity contribution in [1.29, 1.82) is 0 Å². The van der Waals surface area contributed by atoms with E-state index in [1.54, 1.807) is 35.4 Å². The number of nitrogens with two attached hydrogens (primary N) is 1. The molecule has 6 heteroatoms. The van der Waals surface area contributed by atoms with Crippen LogP contribution < -0.4 is 5.73 Å². The third-order valence-corrected chi connectivity index (χ3v) is 2.26. The molecule has 16 heavy (non-hydrogen) atoms. The summed E-state index contributed by atoms with van der Waals surface area (Å²) in [5, 5.41) is 0. The minimum absolute atomic E-state index is 0.574. The molecule has 0 aromatic carbocycles. The topological polar surface area (TPSA) is 82.5 Å². The molecule has 0 saturated heterocycles. The standard InChI is InChI=1S/C10H8N6/c11-7-2-1-3-13-9(7)16-6-12-4-8-10(16)15-5-14-8/h1-6H,11H2. The SMILES string of the molecule is Nc1cccnc1-n1cncc2ncnc1-2. The number of imidazole rings is 1. The molecular weight excluding hydrogens is 204 g/mol. The van der Waals surface area contributed by atoms with Crippen LogP contribution in [0.25, 0.3) is 17.3 Å². The molecule has 0 aliphatic carbocycles. The van der Waals surface area contributed by atoms with Crippen molar-refractivity contribution in [2.45, 2.75) is 0 Å². The lowest BCUT2D eigenvalue weighted by molar-refractivity contribution is 0.926. The molecule has 6 nitrogen and oxygen atoms in total. The average molecular weight is 212 g/mol. The highest BCUT2D eigenvalue weighted by atomic mass is 15.2. The van der Waals surface area contributed by atoms with Crippen molar-refractivity contribution in [3.8, 4) is 17.3 Å². The summed E-state index contributed by atoms with van der Waals surface area (Å²) in [5.74, 6) is 1.31. The summed E-state index contributed by atoms with van der Waals surface area (Å²) >= 11 is 0. The number of nitrogen functional groups attached to an aromatic ring is 1. The first-order valence-corrected chi connectivity index (χ1v) is 4.70. The molecule has 0 bridgehead atoms. The number of pyridine rings is 1. The van der Waals surface area contributed by atoms with E-state index in [9.17, 15) is 0 Å². The van der Waals surface area contributed by atoms with Gasteiger partial charge in [-0.15, -0.1) is 0 Å². The Morgan fingerprint density at radius 3 is 3.00 bits per heavy atom. The lowest BCUT2D eigenvalue weighted by atomic mass is 10.3. The smallest absolute Gasteiger partial charge is 0.169 e. The number of rotatable bonds is 1. The van der Waals surface area contributed by atoms with Crippen molar-refractivity contribution < 1.29 is 0 Å². The molecule has 0 amide bonds. The van der Waals surface area contributed by atoms with E-state index in [4.69, 9.17) is 5.73 Å². The number of fused-ring (bicyclic) bond motifs is 1. The van der Waals surface area contributed by atoms with Gasteiger partial charge in [-0.1, -0.05) is 0 Å². The molecule has 2 N–H and O–H groups in total. The third-order valence-electron chi connectivity index (χ3n) is 2.26. The summed E-state index contributed by atoms with van der Waals surface area (Å²) in [4.78, 5) is 16.5. The second-order valence-corrected chi connectivity index (χ2v) is 3.26. The fourth-order valence-electron chi connectivity index (χ4n) is 1.54. The first-order chi connectivity index (χ1) is 7.86. The van der Waals surface area contributed by atoms with Crippen molar-refractivity contribution in [3.63, 3.8) is 0 Å². The predicted octanol–water partition coefficient (Wildman–Crippen LogP) is 0.744. The van der Waals surface area contributed by atoms with Crippen LogP contribution in [0.2, 0.25) is 0 Å². The average Bonchev–Trinajstić information content (AvgIpc) is 2.77. The monoisotopic (exact) mass is 212 g/mol. The highest BCUT2D eigenvalue weighted by Gasteiger charge is 2.13. The van der Waals surface area contributed by atoms with Gasteiger partial charge in [-0.25, -0.2) is 19.9 Å². The summed E-state index contributed by atoms with van der Waals surface area (Å²) in [6.45, 7) is 0. The van der Waals surface area contributed by atoms with Crippen LogP contribution in [0, 0.1) is 0 Å². The zero-order chi connectivity index (χ0) is 11.0. The van der Waals surface area contributed by atoms with Crippen LogP contribution in [0.4, 0.5) is 5.69 Å². The first-order valence-electron chi connectivity index (χ1n) is 4.70. The van der Waals surface area contributed by atoms with Crippen molar-refractivity contribution in [2.24, 2.45) is 0 Å².